The normalized spacial score (nSPS) is 13.2. The fourth-order valence-electron chi connectivity index (χ4n) is 1.49. The first-order chi connectivity index (χ1) is 8.79. The van der Waals surface area contributed by atoms with Gasteiger partial charge in [-0.05, 0) is 49.4 Å². The predicted molar refractivity (Wildman–Crippen MR) is 90.6 cm³/mol. The molecule has 0 aliphatic rings. The van der Waals surface area contributed by atoms with Gasteiger partial charge in [0, 0.05) is 11.2 Å². The van der Waals surface area contributed by atoms with Crippen LogP contribution in [-0.2, 0) is 0 Å². The van der Waals surface area contributed by atoms with Crippen molar-refractivity contribution in [3.63, 3.8) is 0 Å². The van der Waals surface area contributed by atoms with Crippen LogP contribution in [0.15, 0.2) is 21.1 Å². The van der Waals surface area contributed by atoms with E-state index in [0.717, 1.165) is 25.8 Å². The highest BCUT2D eigenvalue weighted by atomic mass is 79.9. The van der Waals surface area contributed by atoms with Crippen LogP contribution in [-0.4, -0.2) is 19.0 Å². The molecule has 5 heteroatoms. The van der Waals surface area contributed by atoms with Gasteiger partial charge in [-0.15, -0.1) is 0 Å². The molecule has 1 unspecified atom stereocenters. The number of ether oxygens (including phenoxy) is 2. The lowest BCUT2D eigenvalue weighted by Gasteiger charge is -2.29. The number of benzene rings is 1. The van der Waals surface area contributed by atoms with E-state index in [9.17, 15) is 0 Å². The Morgan fingerprint density at radius 2 is 1.63 bits per heavy atom. The maximum Gasteiger partial charge on any atom is 0.134 e. The molecule has 19 heavy (non-hydrogen) atoms. The summed E-state index contributed by atoms with van der Waals surface area (Å²) in [7, 11) is 1.65. The van der Waals surface area contributed by atoms with E-state index in [1.54, 1.807) is 7.11 Å². The summed E-state index contributed by atoms with van der Waals surface area (Å²) in [5, 5.41) is 0.922. The molecule has 0 amide bonds. The van der Waals surface area contributed by atoms with Crippen LogP contribution in [0.3, 0.4) is 0 Å². The summed E-state index contributed by atoms with van der Waals surface area (Å²) in [6, 6.07) is 3.83. The smallest absolute Gasteiger partial charge is 0.134 e. The van der Waals surface area contributed by atoms with E-state index in [4.69, 9.17) is 9.47 Å². The molecular weight excluding hydrogens is 440 g/mol. The summed E-state index contributed by atoms with van der Waals surface area (Å²) in [5.74, 6) is 2.05. The first-order valence-corrected chi connectivity index (χ1v) is 8.72. The Bertz CT molecular complexity index is 427. The third-order valence-electron chi connectivity index (χ3n) is 3.06. The molecule has 108 valence electrons. The Labute approximate surface area is 140 Å². The van der Waals surface area contributed by atoms with Crippen molar-refractivity contribution in [2.45, 2.75) is 20.8 Å². The van der Waals surface area contributed by atoms with Crippen molar-refractivity contribution in [1.82, 2.24) is 0 Å². The Morgan fingerprint density at radius 1 is 1.11 bits per heavy atom. The largest absolute Gasteiger partial charge is 0.496 e. The molecule has 0 radical (unpaired) electrons. The van der Waals surface area contributed by atoms with E-state index >= 15 is 0 Å². The molecule has 2 nitrogen and oxygen atoms in total. The number of halogens is 3. The average molecular weight is 459 g/mol. The van der Waals surface area contributed by atoms with Crippen LogP contribution < -0.4 is 9.47 Å². The van der Waals surface area contributed by atoms with Crippen LogP contribution in [0.5, 0.6) is 11.5 Å². The zero-order valence-corrected chi connectivity index (χ0v) is 16.4. The lowest BCUT2D eigenvalue weighted by molar-refractivity contribution is 0.165. The summed E-state index contributed by atoms with van der Waals surface area (Å²) in [5.41, 5.74) is 0.208. The van der Waals surface area contributed by atoms with Gasteiger partial charge in [0.15, 0.2) is 0 Å². The van der Waals surface area contributed by atoms with E-state index in [-0.39, 0.29) is 5.41 Å². The van der Waals surface area contributed by atoms with E-state index < -0.39 is 0 Å². The van der Waals surface area contributed by atoms with E-state index in [1.807, 2.05) is 12.1 Å². The molecule has 0 bridgehead atoms. The summed E-state index contributed by atoms with van der Waals surface area (Å²) < 4.78 is 13.0. The molecule has 0 aromatic heterocycles. The highest BCUT2D eigenvalue weighted by molar-refractivity contribution is 9.11. The SMILES string of the molecule is COc1cc(Br)c(OCC(CBr)C(C)(C)C)cc1Br. The van der Waals surface area contributed by atoms with Crippen LogP contribution in [0.4, 0.5) is 0 Å². The number of alkyl halides is 1. The average Bonchev–Trinajstić information content (AvgIpc) is 2.31. The maximum absolute atomic E-state index is 5.93. The molecule has 0 heterocycles. The van der Waals surface area contributed by atoms with Crippen molar-refractivity contribution in [2.75, 3.05) is 19.0 Å². The van der Waals surface area contributed by atoms with Crippen LogP contribution >= 0.6 is 47.8 Å². The zero-order valence-electron chi connectivity index (χ0n) is 11.6. The number of hydrogen-bond acceptors (Lipinski definition) is 2. The molecule has 0 N–H and O–H groups in total. The highest BCUT2D eigenvalue weighted by Gasteiger charge is 2.24. The first-order valence-electron chi connectivity index (χ1n) is 6.01. The number of methoxy groups -OCH3 is 1. The second kappa shape index (κ2) is 7.32. The fourth-order valence-corrected chi connectivity index (χ4v) is 3.57. The molecule has 1 aromatic carbocycles. The molecular formula is C14H19Br3O2. The van der Waals surface area contributed by atoms with Crippen molar-refractivity contribution in [3.05, 3.63) is 21.1 Å². The minimum Gasteiger partial charge on any atom is -0.496 e. The van der Waals surface area contributed by atoms with Crippen LogP contribution in [0, 0.1) is 11.3 Å². The second-order valence-corrected chi connectivity index (χ2v) is 7.80. The topological polar surface area (TPSA) is 18.5 Å². The third-order valence-corrected chi connectivity index (χ3v) is 5.08. The molecule has 0 saturated carbocycles. The van der Waals surface area contributed by atoms with Gasteiger partial charge >= 0.3 is 0 Å². The molecule has 0 fully saturated rings. The Kier molecular flexibility index (Phi) is 6.67. The van der Waals surface area contributed by atoms with Crippen molar-refractivity contribution in [1.29, 1.82) is 0 Å². The predicted octanol–water partition coefficient (Wildman–Crippen LogP) is 5.66. The van der Waals surface area contributed by atoms with E-state index in [1.165, 1.54) is 0 Å². The van der Waals surface area contributed by atoms with Gasteiger partial charge in [-0.25, -0.2) is 0 Å². The monoisotopic (exact) mass is 456 g/mol. The molecule has 1 atom stereocenters. The van der Waals surface area contributed by atoms with Gasteiger partial charge < -0.3 is 9.47 Å². The molecule has 0 aliphatic heterocycles. The van der Waals surface area contributed by atoms with Gasteiger partial charge in [-0.3, -0.25) is 0 Å². The van der Waals surface area contributed by atoms with Crippen LogP contribution in [0.1, 0.15) is 20.8 Å². The summed E-state index contributed by atoms with van der Waals surface area (Å²) in [4.78, 5) is 0. The standard InChI is InChI=1S/C14H19Br3O2/c1-14(2,3)9(7-15)8-19-13-6-10(16)12(18-4)5-11(13)17/h5-6,9H,7-8H2,1-4H3. The number of hydrogen-bond donors (Lipinski definition) is 0. The van der Waals surface area contributed by atoms with Gasteiger partial charge in [0.2, 0.25) is 0 Å². The van der Waals surface area contributed by atoms with Gasteiger partial charge in [0.05, 0.1) is 22.7 Å². The Balaban J connectivity index is 2.81. The van der Waals surface area contributed by atoms with Crippen molar-refractivity contribution in [2.24, 2.45) is 11.3 Å². The van der Waals surface area contributed by atoms with Crippen LogP contribution in [0.2, 0.25) is 0 Å². The summed E-state index contributed by atoms with van der Waals surface area (Å²) >= 11 is 10.5. The molecule has 0 spiro atoms. The van der Waals surface area contributed by atoms with Crippen molar-refractivity contribution in [3.8, 4) is 11.5 Å². The highest BCUT2D eigenvalue weighted by Crippen LogP contribution is 2.37. The lowest BCUT2D eigenvalue weighted by atomic mass is 9.83. The minimum atomic E-state index is 0.208. The van der Waals surface area contributed by atoms with Crippen molar-refractivity contribution >= 4 is 47.8 Å². The van der Waals surface area contributed by atoms with Gasteiger partial charge in [-0.1, -0.05) is 36.7 Å². The van der Waals surface area contributed by atoms with E-state index in [2.05, 4.69) is 68.6 Å². The molecule has 0 aliphatic carbocycles. The van der Waals surface area contributed by atoms with Gasteiger partial charge in [0.1, 0.15) is 11.5 Å². The Morgan fingerprint density at radius 3 is 2.11 bits per heavy atom. The second-order valence-electron chi connectivity index (χ2n) is 5.45. The van der Waals surface area contributed by atoms with Crippen molar-refractivity contribution < 1.29 is 9.47 Å². The Hall–Kier alpha value is 0.260. The fraction of sp³-hybridized carbons (Fsp3) is 0.571. The molecule has 0 saturated heterocycles. The van der Waals surface area contributed by atoms with Gasteiger partial charge in [-0.2, -0.15) is 0 Å². The minimum absolute atomic E-state index is 0.208. The third kappa shape index (κ3) is 4.94. The van der Waals surface area contributed by atoms with E-state index in [0.29, 0.717) is 12.5 Å². The van der Waals surface area contributed by atoms with Crippen LogP contribution in [0.25, 0.3) is 0 Å². The maximum atomic E-state index is 5.93. The quantitative estimate of drug-likeness (QED) is 0.530. The summed E-state index contributed by atoms with van der Waals surface area (Å²) in [6.45, 7) is 7.34. The first kappa shape index (κ1) is 17.3. The van der Waals surface area contributed by atoms with Gasteiger partial charge in [0.25, 0.3) is 0 Å². The molecule has 1 rings (SSSR count). The number of rotatable bonds is 5. The zero-order chi connectivity index (χ0) is 14.6. The molecule has 1 aromatic rings. The lowest BCUT2D eigenvalue weighted by Crippen LogP contribution is -2.27. The summed E-state index contributed by atoms with van der Waals surface area (Å²) in [6.07, 6.45) is 0.